The molecule has 40 heavy (non-hydrogen) atoms. The van der Waals surface area contributed by atoms with E-state index in [0.29, 0.717) is 11.4 Å². The van der Waals surface area contributed by atoms with Gasteiger partial charge >= 0.3 is 5.97 Å². The van der Waals surface area contributed by atoms with E-state index < -0.39 is 21.8 Å². The number of carbonyl (C=O) groups is 2. The molecular weight excluding hydrogens is 543 g/mol. The number of hydrogen-bond acceptors (Lipinski definition) is 7. The smallest absolute Gasteiger partial charge is 0.356 e. The first-order valence-corrected chi connectivity index (χ1v) is 14.4. The van der Waals surface area contributed by atoms with Crippen molar-refractivity contribution in [1.82, 2.24) is 14.1 Å². The number of hydrogen-bond donors (Lipinski definition) is 2. The van der Waals surface area contributed by atoms with E-state index in [9.17, 15) is 27.5 Å². The van der Waals surface area contributed by atoms with E-state index in [1.165, 1.54) is 58.4 Å². The first kappa shape index (κ1) is 27.7. The van der Waals surface area contributed by atoms with Crippen LogP contribution in [0, 0.1) is 18.7 Å². The van der Waals surface area contributed by atoms with Gasteiger partial charge in [0.05, 0.1) is 18.9 Å². The van der Waals surface area contributed by atoms with Crippen molar-refractivity contribution in [2.24, 2.45) is 5.92 Å². The van der Waals surface area contributed by atoms with Crippen molar-refractivity contribution in [3.05, 3.63) is 59.5 Å². The summed E-state index contributed by atoms with van der Waals surface area (Å²) in [6, 6.07) is 9.46. The Morgan fingerprint density at radius 3 is 2.42 bits per heavy atom. The highest BCUT2D eigenvalue weighted by Gasteiger charge is 2.32. The Bertz CT molecular complexity index is 1530. The minimum absolute atomic E-state index is 0.0508. The number of aromatic carboxylic acids is 1. The second kappa shape index (κ2) is 11.4. The number of nitrogens with one attached hydrogen (secondary N) is 1. The van der Waals surface area contributed by atoms with Gasteiger partial charge in [0.15, 0.2) is 5.69 Å². The molecule has 212 valence electrons. The average Bonchev–Trinajstić information content (AvgIpc) is 3.60. The molecule has 5 rings (SSSR count). The number of aromatic nitrogens is 2. The fourth-order valence-corrected chi connectivity index (χ4v) is 6.44. The summed E-state index contributed by atoms with van der Waals surface area (Å²) >= 11 is 0. The largest absolute Gasteiger partial charge is 0.476 e. The normalized spacial score (nSPS) is 16.6. The SMILES string of the molecule is Cc1c(C(=O)O)nn(-c2ccc(F)cc2)c1Oc1ccc(NC(=O)C2CCCC2)cc1S(=O)(=O)N1CCOCC1. The molecule has 11 nitrogen and oxygen atoms in total. The lowest BCUT2D eigenvalue weighted by Gasteiger charge is -2.27. The van der Waals surface area contributed by atoms with E-state index in [4.69, 9.17) is 9.47 Å². The van der Waals surface area contributed by atoms with Gasteiger partial charge in [-0.1, -0.05) is 12.8 Å². The highest BCUT2D eigenvalue weighted by Crippen LogP contribution is 2.37. The lowest BCUT2D eigenvalue weighted by atomic mass is 10.1. The molecule has 1 amide bonds. The quantitative estimate of drug-likeness (QED) is 0.414. The van der Waals surface area contributed by atoms with Gasteiger partial charge in [-0.2, -0.15) is 14.1 Å². The zero-order valence-electron chi connectivity index (χ0n) is 21.8. The number of carboxylic acid groups (broad SMARTS) is 1. The Morgan fingerprint density at radius 2 is 1.77 bits per heavy atom. The number of halogens is 1. The summed E-state index contributed by atoms with van der Waals surface area (Å²) in [5.74, 6) is -2.24. The third-order valence-corrected chi connectivity index (χ3v) is 8.99. The fraction of sp³-hybridized carbons (Fsp3) is 0.370. The molecular formula is C27H29FN4O7S. The maximum absolute atomic E-state index is 13.8. The molecule has 0 unspecified atom stereocenters. The maximum atomic E-state index is 13.8. The molecule has 0 atom stereocenters. The molecule has 13 heteroatoms. The standard InChI is InChI=1S/C27H29FN4O7S/c1-17-24(27(34)35)30-32(21-9-6-19(28)7-10-21)26(17)39-22-11-8-20(29-25(33)18-4-2-3-5-18)16-23(22)40(36,37)31-12-14-38-15-13-31/h6-11,16,18H,2-5,12-15H2,1H3,(H,29,33)(H,34,35). The number of carbonyl (C=O) groups excluding carboxylic acids is 1. The van der Waals surface area contributed by atoms with Crippen molar-refractivity contribution >= 4 is 27.6 Å². The van der Waals surface area contributed by atoms with Crippen LogP contribution in [0.5, 0.6) is 11.6 Å². The minimum atomic E-state index is -4.11. The van der Waals surface area contributed by atoms with Gasteiger partial charge in [0.25, 0.3) is 0 Å². The van der Waals surface area contributed by atoms with Crippen molar-refractivity contribution in [2.45, 2.75) is 37.5 Å². The molecule has 2 fully saturated rings. The summed E-state index contributed by atoms with van der Waals surface area (Å²) in [7, 11) is -4.11. The second-order valence-electron chi connectivity index (χ2n) is 9.72. The van der Waals surface area contributed by atoms with E-state index in [1.54, 1.807) is 0 Å². The molecule has 1 saturated heterocycles. The predicted molar refractivity (Wildman–Crippen MR) is 142 cm³/mol. The molecule has 2 aromatic carbocycles. The van der Waals surface area contributed by atoms with Crippen LogP contribution in [0.3, 0.4) is 0 Å². The molecule has 1 aromatic heterocycles. The highest BCUT2D eigenvalue weighted by atomic mass is 32.2. The molecule has 0 bridgehead atoms. The summed E-state index contributed by atoms with van der Waals surface area (Å²) in [4.78, 5) is 24.4. The molecule has 1 aliphatic carbocycles. The van der Waals surface area contributed by atoms with Gasteiger partial charge in [-0.3, -0.25) is 4.79 Å². The molecule has 1 saturated carbocycles. The van der Waals surface area contributed by atoms with Crippen LogP contribution in [0.25, 0.3) is 5.69 Å². The lowest BCUT2D eigenvalue weighted by molar-refractivity contribution is -0.119. The van der Waals surface area contributed by atoms with E-state index >= 15 is 0 Å². The van der Waals surface area contributed by atoms with Gasteiger partial charge in [-0.15, -0.1) is 0 Å². The van der Waals surface area contributed by atoms with E-state index in [0.717, 1.165) is 25.7 Å². The van der Waals surface area contributed by atoms with Crippen LogP contribution in [0.4, 0.5) is 10.1 Å². The van der Waals surface area contributed by atoms with Crippen LogP contribution in [0.15, 0.2) is 47.4 Å². The van der Waals surface area contributed by atoms with Crippen LogP contribution in [-0.4, -0.2) is 65.8 Å². The number of sulfonamides is 1. The third kappa shape index (κ3) is 5.58. The summed E-state index contributed by atoms with van der Waals surface area (Å²) in [6.45, 7) is 2.21. The van der Waals surface area contributed by atoms with E-state index in [2.05, 4.69) is 10.4 Å². The number of rotatable bonds is 8. The van der Waals surface area contributed by atoms with E-state index in [1.807, 2.05) is 0 Å². The molecule has 2 aliphatic rings. The summed E-state index contributed by atoms with van der Waals surface area (Å²) in [5, 5.41) is 16.6. The average molecular weight is 573 g/mol. The van der Waals surface area contributed by atoms with E-state index in [-0.39, 0.29) is 65.9 Å². The number of nitrogens with zero attached hydrogens (tertiary/aromatic N) is 3. The predicted octanol–water partition coefficient (Wildman–Crippen LogP) is 3.96. The summed E-state index contributed by atoms with van der Waals surface area (Å²) in [6.07, 6.45) is 3.51. The van der Waals surface area contributed by atoms with Gasteiger partial charge < -0.3 is 19.9 Å². The van der Waals surface area contributed by atoms with Crippen molar-refractivity contribution in [3.63, 3.8) is 0 Å². The number of morpholine rings is 1. The van der Waals surface area contributed by atoms with Crippen molar-refractivity contribution in [3.8, 4) is 17.3 Å². The molecule has 0 radical (unpaired) electrons. The van der Waals surface area contributed by atoms with Gasteiger partial charge in [-0.05, 0) is 62.2 Å². The summed E-state index contributed by atoms with van der Waals surface area (Å²) in [5.41, 5.74) is 0.443. The van der Waals surface area contributed by atoms with Crippen LogP contribution in [0.2, 0.25) is 0 Å². The van der Waals surface area contributed by atoms with Crippen molar-refractivity contribution < 1.29 is 37.0 Å². The molecule has 1 aliphatic heterocycles. The first-order valence-electron chi connectivity index (χ1n) is 12.9. The highest BCUT2D eigenvalue weighted by molar-refractivity contribution is 7.89. The Hall–Kier alpha value is -3.81. The monoisotopic (exact) mass is 572 g/mol. The van der Waals surface area contributed by atoms with Gasteiger partial charge in [0.2, 0.25) is 21.8 Å². The molecule has 3 aromatic rings. The van der Waals surface area contributed by atoms with Gasteiger partial charge in [0, 0.05) is 30.3 Å². The van der Waals surface area contributed by atoms with Crippen molar-refractivity contribution in [1.29, 1.82) is 0 Å². The van der Waals surface area contributed by atoms with Crippen LogP contribution in [0.1, 0.15) is 41.7 Å². The topological polar surface area (TPSA) is 140 Å². The van der Waals surface area contributed by atoms with Crippen molar-refractivity contribution in [2.75, 3.05) is 31.6 Å². The molecule has 2 N–H and O–H groups in total. The fourth-order valence-electron chi connectivity index (χ4n) is 4.90. The molecule has 2 heterocycles. The Labute approximate surface area is 230 Å². The minimum Gasteiger partial charge on any atom is -0.476 e. The number of ether oxygens (including phenoxy) is 2. The summed E-state index contributed by atoms with van der Waals surface area (Å²) < 4.78 is 55.1. The van der Waals surface area contributed by atoms with Crippen LogP contribution >= 0.6 is 0 Å². The number of anilines is 1. The number of amides is 1. The zero-order chi connectivity index (χ0) is 28.4. The zero-order valence-corrected chi connectivity index (χ0v) is 22.6. The molecule has 0 spiro atoms. The van der Waals surface area contributed by atoms with Gasteiger partial charge in [-0.25, -0.2) is 17.6 Å². The van der Waals surface area contributed by atoms with Crippen LogP contribution in [-0.2, 0) is 19.6 Å². The number of benzene rings is 2. The Morgan fingerprint density at radius 1 is 1.10 bits per heavy atom. The Kier molecular flexibility index (Phi) is 7.88. The lowest BCUT2D eigenvalue weighted by Crippen LogP contribution is -2.40. The number of carboxylic acids is 1. The second-order valence-corrected chi connectivity index (χ2v) is 11.6. The first-order chi connectivity index (χ1) is 19.1. The third-order valence-electron chi connectivity index (χ3n) is 7.07. The Balaban J connectivity index is 1.58. The van der Waals surface area contributed by atoms with Gasteiger partial charge in [0.1, 0.15) is 16.5 Å². The maximum Gasteiger partial charge on any atom is 0.356 e. The van der Waals surface area contributed by atoms with Crippen LogP contribution < -0.4 is 10.1 Å².